The van der Waals surface area contributed by atoms with Crippen LogP contribution in [0.2, 0.25) is 5.02 Å². The zero-order chi connectivity index (χ0) is 39.4. The Kier molecular flexibility index (Phi) is 13.7. The van der Waals surface area contributed by atoms with E-state index in [0.717, 1.165) is 22.3 Å². The molecular formula is C46H49ClN2O6. The second kappa shape index (κ2) is 18.6. The first-order valence-electron chi connectivity index (χ1n) is 18.6. The highest BCUT2D eigenvalue weighted by molar-refractivity contribution is 6.31. The molecule has 0 fully saturated rings. The summed E-state index contributed by atoms with van der Waals surface area (Å²) < 4.78 is 17.9. The highest BCUT2D eigenvalue weighted by Gasteiger charge is 2.44. The molecule has 0 saturated heterocycles. The molecule has 0 heterocycles. The average Bonchev–Trinajstić information content (AvgIpc) is 3.49. The zero-order valence-electron chi connectivity index (χ0n) is 31.8. The summed E-state index contributed by atoms with van der Waals surface area (Å²) >= 11 is 6.91. The van der Waals surface area contributed by atoms with Crippen molar-refractivity contribution >= 4 is 29.8 Å². The van der Waals surface area contributed by atoms with Crippen LogP contribution in [-0.4, -0.2) is 43.0 Å². The van der Waals surface area contributed by atoms with Crippen LogP contribution in [0.25, 0.3) is 11.1 Å². The van der Waals surface area contributed by atoms with Gasteiger partial charge in [0.05, 0.1) is 0 Å². The Morgan fingerprint density at radius 3 is 2.05 bits per heavy atom. The molecule has 0 saturated carbocycles. The summed E-state index contributed by atoms with van der Waals surface area (Å²) in [6.07, 6.45) is 6.96. The standard InChI is InChI=1S/C46H49ClN2O6/c1-6-19-32(20-7-2)46(33-21-9-8-10-22-33,39-27-15-16-28-40(39)47)54-42(50)41(29-17-18-30-48-43(51)55-45(3,4)5)49-44(52)53-31-38-36-25-13-11-23-34(36)35-24-12-14-26-37(35)38/h6-16,19-28,38,41H,1,17-18,29-31H2,2-5H3,(H,48,51)(H,49,52)/b20-7-,32-19+. The number of nitrogens with one attached hydrogen (secondary N) is 2. The number of hydrogen-bond donors (Lipinski definition) is 2. The number of alkyl carbamates (subject to hydrolysis) is 2. The molecule has 5 rings (SSSR count). The van der Waals surface area contributed by atoms with Crippen LogP contribution in [0.3, 0.4) is 0 Å². The molecule has 2 unspecified atom stereocenters. The predicted molar refractivity (Wildman–Crippen MR) is 218 cm³/mol. The quantitative estimate of drug-likeness (QED) is 0.0541. The van der Waals surface area contributed by atoms with Crippen molar-refractivity contribution in [1.29, 1.82) is 0 Å². The van der Waals surface area contributed by atoms with E-state index >= 15 is 0 Å². The molecule has 9 heteroatoms. The van der Waals surface area contributed by atoms with E-state index in [-0.39, 0.29) is 18.9 Å². The number of halogens is 1. The average molecular weight is 761 g/mol. The highest BCUT2D eigenvalue weighted by atomic mass is 35.5. The van der Waals surface area contributed by atoms with Crippen molar-refractivity contribution in [3.8, 4) is 11.1 Å². The molecule has 2 amide bonds. The summed E-state index contributed by atoms with van der Waals surface area (Å²) in [6.45, 7) is 11.6. The van der Waals surface area contributed by atoms with Gasteiger partial charge >= 0.3 is 18.2 Å². The van der Waals surface area contributed by atoms with Crippen LogP contribution in [0.1, 0.15) is 75.1 Å². The molecule has 1 aliphatic carbocycles. The minimum Gasteiger partial charge on any atom is -0.449 e. The lowest BCUT2D eigenvalue weighted by Crippen LogP contribution is -2.46. The first kappa shape index (κ1) is 40.6. The summed E-state index contributed by atoms with van der Waals surface area (Å²) in [6, 6.07) is 31.6. The molecule has 0 bridgehead atoms. The lowest BCUT2D eigenvalue weighted by molar-refractivity contribution is -0.156. The van der Waals surface area contributed by atoms with E-state index in [1.807, 2.05) is 104 Å². The Labute approximate surface area is 329 Å². The van der Waals surface area contributed by atoms with E-state index in [4.69, 9.17) is 25.8 Å². The van der Waals surface area contributed by atoms with Crippen LogP contribution in [0, 0.1) is 0 Å². The molecule has 1 aliphatic rings. The number of carbonyl (C=O) groups excluding carboxylic acids is 3. The Morgan fingerprint density at radius 1 is 0.818 bits per heavy atom. The van der Waals surface area contributed by atoms with Crippen LogP contribution < -0.4 is 10.6 Å². The zero-order valence-corrected chi connectivity index (χ0v) is 32.6. The molecule has 2 N–H and O–H groups in total. The van der Waals surface area contributed by atoms with Crippen LogP contribution in [0.15, 0.2) is 140 Å². The summed E-state index contributed by atoms with van der Waals surface area (Å²) in [5, 5.41) is 5.96. The van der Waals surface area contributed by atoms with E-state index < -0.39 is 35.4 Å². The first-order valence-corrected chi connectivity index (χ1v) is 18.9. The van der Waals surface area contributed by atoms with Crippen LogP contribution in [-0.2, 0) is 24.6 Å². The maximum absolute atomic E-state index is 14.7. The van der Waals surface area contributed by atoms with Gasteiger partial charge in [-0.2, -0.15) is 0 Å². The number of allylic oxidation sites excluding steroid dienone is 3. The molecule has 8 nitrogen and oxygen atoms in total. The Morgan fingerprint density at radius 2 is 1.44 bits per heavy atom. The Bertz CT molecular complexity index is 1990. The van der Waals surface area contributed by atoms with E-state index in [2.05, 4.69) is 29.3 Å². The monoisotopic (exact) mass is 760 g/mol. The maximum atomic E-state index is 14.7. The van der Waals surface area contributed by atoms with Crippen LogP contribution in [0.4, 0.5) is 9.59 Å². The number of carbonyl (C=O) groups is 3. The summed E-state index contributed by atoms with van der Waals surface area (Å²) in [5.74, 6) is -0.863. The topological polar surface area (TPSA) is 103 Å². The summed E-state index contributed by atoms with van der Waals surface area (Å²) in [4.78, 5) is 40.6. The minimum atomic E-state index is -1.53. The van der Waals surface area contributed by atoms with Gasteiger partial charge in [0.1, 0.15) is 18.2 Å². The first-order chi connectivity index (χ1) is 26.5. The van der Waals surface area contributed by atoms with E-state index in [0.29, 0.717) is 41.1 Å². The fraction of sp³-hybridized carbons (Fsp3) is 0.283. The largest absolute Gasteiger partial charge is 0.449 e. The fourth-order valence-corrected chi connectivity index (χ4v) is 7.17. The van der Waals surface area contributed by atoms with Crippen molar-refractivity contribution in [3.63, 3.8) is 0 Å². The molecule has 0 aromatic heterocycles. The van der Waals surface area contributed by atoms with Gasteiger partial charge in [-0.05, 0) is 75.3 Å². The molecule has 0 aliphatic heterocycles. The molecule has 4 aromatic carbocycles. The number of fused-ring (bicyclic) bond motifs is 3. The van der Waals surface area contributed by atoms with Crippen LogP contribution >= 0.6 is 11.6 Å². The van der Waals surface area contributed by atoms with Gasteiger partial charge in [0.15, 0.2) is 5.60 Å². The van der Waals surface area contributed by atoms with Crippen molar-refractivity contribution in [1.82, 2.24) is 10.6 Å². The van der Waals surface area contributed by atoms with Crippen molar-refractivity contribution in [2.75, 3.05) is 13.2 Å². The number of hydrogen-bond acceptors (Lipinski definition) is 6. The SMILES string of the molecule is C=C/C=C(\C=C/C)C(OC(=O)C(CCCCNC(=O)OC(C)(C)C)NC(=O)OCC1c2ccccc2-c2ccccc21)(c1ccccc1)c1ccccc1Cl. The second-order valence-corrected chi connectivity index (χ2v) is 14.7. The van der Waals surface area contributed by atoms with Gasteiger partial charge in [0.2, 0.25) is 0 Å². The lowest BCUT2D eigenvalue weighted by atomic mass is 9.79. The smallest absolute Gasteiger partial charge is 0.407 e. The van der Waals surface area contributed by atoms with Crippen molar-refractivity contribution in [2.45, 2.75) is 70.1 Å². The molecule has 0 radical (unpaired) electrons. The molecule has 286 valence electrons. The van der Waals surface area contributed by atoms with Gasteiger partial charge in [0, 0.05) is 34.2 Å². The third-order valence-electron chi connectivity index (χ3n) is 9.25. The third kappa shape index (κ3) is 9.94. The molecule has 4 aromatic rings. The molecule has 55 heavy (non-hydrogen) atoms. The van der Waals surface area contributed by atoms with Gasteiger partial charge in [0.25, 0.3) is 0 Å². The maximum Gasteiger partial charge on any atom is 0.407 e. The Balaban J connectivity index is 1.43. The number of amides is 2. The molecular weight excluding hydrogens is 712 g/mol. The number of unbranched alkanes of at least 4 members (excludes halogenated alkanes) is 1. The third-order valence-corrected chi connectivity index (χ3v) is 9.57. The number of rotatable bonds is 15. The van der Waals surface area contributed by atoms with Crippen molar-refractivity contribution in [2.24, 2.45) is 0 Å². The van der Waals surface area contributed by atoms with E-state index in [1.54, 1.807) is 39.0 Å². The molecule has 2 atom stereocenters. The van der Waals surface area contributed by atoms with Crippen molar-refractivity contribution in [3.05, 3.63) is 167 Å². The number of ether oxygens (including phenoxy) is 3. The van der Waals surface area contributed by atoms with Crippen molar-refractivity contribution < 1.29 is 28.6 Å². The number of esters is 1. The highest BCUT2D eigenvalue weighted by Crippen LogP contribution is 2.46. The van der Waals surface area contributed by atoms with Crippen LogP contribution in [0.5, 0.6) is 0 Å². The van der Waals surface area contributed by atoms with Gasteiger partial charge in [-0.1, -0.05) is 140 Å². The van der Waals surface area contributed by atoms with E-state index in [1.165, 1.54) is 0 Å². The summed E-state index contributed by atoms with van der Waals surface area (Å²) in [5.41, 5.74) is 3.96. The lowest BCUT2D eigenvalue weighted by Gasteiger charge is -2.37. The van der Waals surface area contributed by atoms with Gasteiger partial charge in [-0.25, -0.2) is 14.4 Å². The van der Waals surface area contributed by atoms with Gasteiger partial charge in [-0.15, -0.1) is 0 Å². The minimum absolute atomic E-state index is 0.0720. The number of benzene rings is 4. The summed E-state index contributed by atoms with van der Waals surface area (Å²) in [7, 11) is 0. The Hall–Kier alpha value is -5.60. The second-order valence-electron chi connectivity index (χ2n) is 14.3. The van der Waals surface area contributed by atoms with Gasteiger partial charge in [-0.3, -0.25) is 0 Å². The van der Waals surface area contributed by atoms with E-state index in [9.17, 15) is 14.4 Å². The predicted octanol–water partition coefficient (Wildman–Crippen LogP) is 10.4. The van der Waals surface area contributed by atoms with Gasteiger partial charge < -0.3 is 24.8 Å². The fourth-order valence-electron chi connectivity index (χ4n) is 6.90. The normalized spacial score (nSPS) is 14.2. The molecule has 0 spiro atoms.